The Hall–Kier alpha value is -3.21. The van der Waals surface area contributed by atoms with Crippen LogP contribution in [0.4, 0.5) is 0 Å². The monoisotopic (exact) mass is 468 g/mol. The molecule has 0 fully saturated rings. The summed E-state index contributed by atoms with van der Waals surface area (Å²) in [6, 6.07) is 29.3. The van der Waals surface area contributed by atoms with Crippen molar-refractivity contribution in [1.29, 1.82) is 0 Å². The van der Waals surface area contributed by atoms with Gasteiger partial charge in [-0.05, 0) is 63.9 Å². The zero-order valence-electron chi connectivity index (χ0n) is 20.3. The van der Waals surface area contributed by atoms with Gasteiger partial charge in [0.05, 0.1) is 0 Å². The minimum atomic E-state index is -0.330. The van der Waals surface area contributed by atoms with Crippen LogP contribution in [0, 0.1) is 0 Å². The lowest BCUT2D eigenvalue weighted by Gasteiger charge is -2.27. The van der Waals surface area contributed by atoms with Gasteiger partial charge in [0.25, 0.3) is 0 Å². The summed E-state index contributed by atoms with van der Waals surface area (Å²) in [4.78, 5) is 16.1. The largest absolute Gasteiger partial charge is 0.358 e. The number of carbonyl (C=O) groups excluding carboxylic acids is 1. The molecule has 0 unspecified atom stereocenters. The van der Waals surface area contributed by atoms with Gasteiger partial charge in [0.1, 0.15) is 6.04 Å². The molecule has 4 aromatic rings. The Bertz CT molecular complexity index is 1230. The number of amides is 1. The fourth-order valence-corrected chi connectivity index (χ4v) is 5.46. The Morgan fingerprint density at radius 3 is 2.26 bits per heavy atom. The van der Waals surface area contributed by atoms with Crippen molar-refractivity contribution in [1.82, 2.24) is 10.2 Å². The maximum Gasteiger partial charge on any atom is 0.241 e. The van der Waals surface area contributed by atoms with Gasteiger partial charge in [0.2, 0.25) is 5.91 Å². The van der Waals surface area contributed by atoms with Crippen LogP contribution in [0.3, 0.4) is 0 Å². The second kappa shape index (κ2) is 10.8. The molecule has 3 nitrogen and oxygen atoms in total. The number of carbonyl (C=O) groups is 1. The van der Waals surface area contributed by atoms with E-state index in [1.165, 1.54) is 32.7 Å². The molecule has 0 aliphatic carbocycles. The molecule has 0 aliphatic rings. The molecule has 1 amide bonds. The molecule has 0 bridgehead atoms. The van der Waals surface area contributed by atoms with E-state index in [2.05, 4.69) is 84.0 Å². The van der Waals surface area contributed by atoms with E-state index in [0.717, 1.165) is 5.56 Å². The topological polar surface area (TPSA) is 32.3 Å². The fourth-order valence-electron chi connectivity index (χ4n) is 4.41. The first kappa shape index (κ1) is 23.9. The van der Waals surface area contributed by atoms with Crippen molar-refractivity contribution in [3.63, 3.8) is 0 Å². The highest BCUT2D eigenvalue weighted by Crippen LogP contribution is 2.36. The smallest absolute Gasteiger partial charge is 0.241 e. The van der Waals surface area contributed by atoms with Crippen LogP contribution >= 0.6 is 11.3 Å². The molecule has 3 aromatic carbocycles. The van der Waals surface area contributed by atoms with Crippen LogP contribution in [0.5, 0.6) is 0 Å². The summed E-state index contributed by atoms with van der Waals surface area (Å²) in [6.45, 7) is 5.18. The Kier molecular flexibility index (Phi) is 7.61. The lowest BCUT2D eigenvalue weighted by atomic mass is 9.97. The number of rotatable bonds is 8. The maximum absolute atomic E-state index is 12.6. The third-order valence-electron chi connectivity index (χ3n) is 6.21. The highest BCUT2D eigenvalue weighted by Gasteiger charge is 2.24. The maximum atomic E-state index is 12.6. The van der Waals surface area contributed by atoms with Crippen LogP contribution in [0.1, 0.15) is 42.5 Å². The molecule has 1 heterocycles. The minimum Gasteiger partial charge on any atom is -0.358 e. The normalized spacial score (nSPS) is 12.2. The number of nitrogens with one attached hydrogen (secondary N) is 1. The molecule has 0 spiro atoms. The average Bonchev–Trinajstić information content (AvgIpc) is 3.36. The van der Waals surface area contributed by atoms with Crippen molar-refractivity contribution >= 4 is 17.2 Å². The van der Waals surface area contributed by atoms with Crippen LogP contribution in [0.25, 0.3) is 21.6 Å². The lowest BCUT2D eigenvalue weighted by Crippen LogP contribution is -2.36. The molecule has 0 radical (unpaired) electrons. The van der Waals surface area contributed by atoms with Gasteiger partial charge >= 0.3 is 0 Å². The van der Waals surface area contributed by atoms with Crippen LogP contribution in [-0.2, 0) is 11.3 Å². The number of benzene rings is 3. The first-order chi connectivity index (χ1) is 16.5. The van der Waals surface area contributed by atoms with E-state index >= 15 is 0 Å². The summed E-state index contributed by atoms with van der Waals surface area (Å²) >= 11 is 1.81. The number of hydrogen-bond donors (Lipinski definition) is 1. The molecule has 1 aromatic heterocycles. The SMILES string of the molecule is CNC(=O)[C@H](c1ccccc1)N(C)Cc1ccc(-c2cccc(-c3sccc3C(C)C)c2)cc1. The lowest BCUT2D eigenvalue weighted by molar-refractivity contribution is -0.125. The third-order valence-corrected chi connectivity index (χ3v) is 7.19. The number of nitrogens with zero attached hydrogens (tertiary/aromatic N) is 1. The molecule has 0 saturated heterocycles. The number of likely N-dealkylation sites (N-methyl/N-ethyl adjacent to an activating group) is 2. The van der Waals surface area contributed by atoms with E-state index in [9.17, 15) is 4.79 Å². The zero-order chi connectivity index (χ0) is 24.1. The molecular formula is C30H32N2OS. The molecule has 1 atom stereocenters. The van der Waals surface area contributed by atoms with Crippen molar-refractivity contribution in [2.45, 2.75) is 32.4 Å². The summed E-state index contributed by atoms with van der Waals surface area (Å²) in [5.41, 5.74) is 7.26. The predicted octanol–water partition coefficient (Wildman–Crippen LogP) is 7.12. The molecule has 0 aliphatic heterocycles. The molecular weight excluding hydrogens is 436 g/mol. The number of hydrogen-bond acceptors (Lipinski definition) is 3. The van der Waals surface area contributed by atoms with E-state index in [4.69, 9.17) is 0 Å². The van der Waals surface area contributed by atoms with Crippen molar-refractivity contribution in [3.8, 4) is 21.6 Å². The van der Waals surface area contributed by atoms with Gasteiger partial charge in [-0.1, -0.05) is 86.6 Å². The van der Waals surface area contributed by atoms with Gasteiger partial charge in [-0.2, -0.15) is 0 Å². The quantitative estimate of drug-likeness (QED) is 0.298. The standard InChI is InChI=1S/C30H32N2OS/c1-21(2)27-17-18-34-29(27)26-12-8-11-25(19-26)23-15-13-22(14-16-23)20-32(4)28(30(33)31-3)24-9-6-5-7-10-24/h5-19,21,28H,20H2,1-4H3,(H,31,33)/t28-/m0/s1. The summed E-state index contributed by atoms with van der Waals surface area (Å²) in [5.74, 6) is 0.507. The van der Waals surface area contributed by atoms with Crippen molar-refractivity contribution in [2.24, 2.45) is 0 Å². The molecule has 0 saturated carbocycles. The summed E-state index contributed by atoms with van der Waals surface area (Å²) in [5, 5.41) is 4.99. The second-order valence-corrected chi connectivity index (χ2v) is 9.90. The molecule has 34 heavy (non-hydrogen) atoms. The Morgan fingerprint density at radius 1 is 0.882 bits per heavy atom. The minimum absolute atomic E-state index is 0.00326. The van der Waals surface area contributed by atoms with E-state index in [1.807, 2.05) is 48.7 Å². The Balaban J connectivity index is 1.53. The third kappa shape index (κ3) is 5.30. The fraction of sp³-hybridized carbons (Fsp3) is 0.233. The van der Waals surface area contributed by atoms with E-state index < -0.39 is 0 Å². The van der Waals surface area contributed by atoms with Gasteiger partial charge in [0.15, 0.2) is 0 Å². The van der Waals surface area contributed by atoms with Crippen molar-refractivity contribution in [3.05, 3.63) is 107 Å². The van der Waals surface area contributed by atoms with E-state index in [-0.39, 0.29) is 11.9 Å². The van der Waals surface area contributed by atoms with Crippen LogP contribution in [0.15, 0.2) is 90.3 Å². The summed E-state index contributed by atoms with van der Waals surface area (Å²) < 4.78 is 0. The summed E-state index contributed by atoms with van der Waals surface area (Å²) in [6.07, 6.45) is 0. The first-order valence-corrected chi connectivity index (χ1v) is 12.6. The Labute approximate surface area is 207 Å². The van der Waals surface area contributed by atoms with Crippen molar-refractivity contribution in [2.75, 3.05) is 14.1 Å². The van der Waals surface area contributed by atoms with Gasteiger partial charge in [-0.15, -0.1) is 11.3 Å². The average molecular weight is 469 g/mol. The molecule has 4 rings (SSSR count). The second-order valence-electron chi connectivity index (χ2n) is 8.98. The van der Waals surface area contributed by atoms with E-state index in [1.54, 1.807) is 7.05 Å². The Morgan fingerprint density at radius 2 is 1.59 bits per heavy atom. The highest BCUT2D eigenvalue weighted by atomic mass is 32.1. The highest BCUT2D eigenvalue weighted by molar-refractivity contribution is 7.13. The van der Waals surface area contributed by atoms with Gasteiger partial charge in [-0.3, -0.25) is 9.69 Å². The van der Waals surface area contributed by atoms with Gasteiger partial charge in [-0.25, -0.2) is 0 Å². The predicted molar refractivity (Wildman–Crippen MR) is 144 cm³/mol. The first-order valence-electron chi connectivity index (χ1n) is 11.7. The number of thiophene rings is 1. The zero-order valence-corrected chi connectivity index (χ0v) is 21.1. The van der Waals surface area contributed by atoms with Crippen molar-refractivity contribution < 1.29 is 4.79 Å². The summed E-state index contributed by atoms with van der Waals surface area (Å²) in [7, 11) is 3.69. The van der Waals surface area contributed by atoms with Gasteiger partial charge < -0.3 is 5.32 Å². The molecule has 4 heteroatoms. The van der Waals surface area contributed by atoms with Crippen LogP contribution in [0.2, 0.25) is 0 Å². The molecule has 1 N–H and O–H groups in total. The van der Waals surface area contributed by atoms with Crippen LogP contribution in [-0.4, -0.2) is 24.9 Å². The van der Waals surface area contributed by atoms with E-state index in [0.29, 0.717) is 12.5 Å². The van der Waals surface area contributed by atoms with Crippen LogP contribution < -0.4 is 5.32 Å². The molecule has 174 valence electrons. The van der Waals surface area contributed by atoms with Gasteiger partial charge in [0, 0.05) is 18.5 Å².